The SMILES string of the molecule is CC/C(=C/F)COc1ccc2nc(NCc3cccnc3)oc2c1. The van der Waals surface area contributed by atoms with Crippen LogP contribution in [0.4, 0.5) is 10.4 Å². The first kappa shape index (κ1) is 16.0. The molecule has 24 heavy (non-hydrogen) atoms. The van der Waals surface area contributed by atoms with Gasteiger partial charge >= 0.3 is 0 Å². The first-order valence-corrected chi connectivity index (χ1v) is 7.72. The van der Waals surface area contributed by atoms with Gasteiger partial charge in [-0.3, -0.25) is 4.98 Å². The van der Waals surface area contributed by atoms with Gasteiger partial charge in [0, 0.05) is 25.0 Å². The minimum atomic E-state index is 0.221. The molecule has 3 aromatic rings. The first-order valence-electron chi connectivity index (χ1n) is 7.72. The minimum Gasteiger partial charge on any atom is -0.489 e. The van der Waals surface area contributed by atoms with Crippen LogP contribution in [0.25, 0.3) is 11.1 Å². The Kier molecular flexibility index (Phi) is 5.05. The van der Waals surface area contributed by atoms with E-state index in [1.54, 1.807) is 24.5 Å². The van der Waals surface area contributed by atoms with Gasteiger partial charge in [-0.15, -0.1) is 0 Å². The van der Waals surface area contributed by atoms with Gasteiger partial charge < -0.3 is 14.5 Å². The number of anilines is 1. The molecule has 0 aliphatic heterocycles. The van der Waals surface area contributed by atoms with Crippen molar-refractivity contribution in [1.29, 1.82) is 0 Å². The molecule has 1 aromatic carbocycles. The lowest BCUT2D eigenvalue weighted by Crippen LogP contribution is -1.99. The molecule has 3 rings (SSSR count). The number of oxazole rings is 1. The lowest BCUT2D eigenvalue weighted by molar-refractivity contribution is 0.345. The number of aromatic nitrogens is 2. The second kappa shape index (κ2) is 7.59. The fraction of sp³-hybridized carbons (Fsp3) is 0.222. The predicted octanol–water partition coefficient (Wildman–Crippen LogP) is 4.48. The summed E-state index contributed by atoms with van der Waals surface area (Å²) in [4.78, 5) is 8.43. The van der Waals surface area contributed by atoms with E-state index in [9.17, 15) is 4.39 Å². The molecule has 0 radical (unpaired) electrons. The van der Waals surface area contributed by atoms with Crippen molar-refractivity contribution in [2.75, 3.05) is 11.9 Å². The highest BCUT2D eigenvalue weighted by atomic mass is 19.1. The molecule has 0 atom stereocenters. The van der Waals surface area contributed by atoms with Crippen LogP contribution in [-0.2, 0) is 6.54 Å². The third-order valence-corrected chi connectivity index (χ3v) is 3.56. The second-order valence-electron chi connectivity index (χ2n) is 5.27. The van der Waals surface area contributed by atoms with Crippen LogP contribution in [0.1, 0.15) is 18.9 Å². The van der Waals surface area contributed by atoms with Gasteiger partial charge in [0.05, 0.1) is 6.33 Å². The smallest absolute Gasteiger partial charge is 0.295 e. The van der Waals surface area contributed by atoms with Gasteiger partial charge in [-0.25, -0.2) is 4.39 Å². The summed E-state index contributed by atoms with van der Waals surface area (Å²) in [6.45, 7) is 2.68. The Bertz CT molecular complexity index is 831. The van der Waals surface area contributed by atoms with E-state index in [1.807, 2.05) is 25.1 Å². The fourth-order valence-electron chi connectivity index (χ4n) is 2.14. The van der Waals surface area contributed by atoms with Crippen molar-refractivity contribution in [3.63, 3.8) is 0 Å². The van der Waals surface area contributed by atoms with Crippen LogP contribution in [0.2, 0.25) is 0 Å². The maximum Gasteiger partial charge on any atom is 0.295 e. The van der Waals surface area contributed by atoms with Crippen molar-refractivity contribution in [2.45, 2.75) is 19.9 Å². The second-order valence-corrected chi connectivity index (χ2v) is 5.27. The van der Waals surface area contributed by atoms with Crippen LogP contribution in [-0.4, -0.2) is 16.6 Å². The molecule has 0 bridgehead atoms. The number of hydrogen-bond acceptors (Lipinski definition) is 5. The third kappa shape index (κ3) is 3.90. The van der Waals surface area contributed by atoms with E-state index in [-0.39, 0.29) is 6.61 Å². The van der Waals surface area contributed by atoms with Crippen LogP contribution >= 0.6 is 0 Å². The van der Waals surface area contributed by atoms with Gasteiger partial charge in [-0.1, -0.05) is 13.0 Å². The van der Waals surface area contributed by atoms with Crippen molar-refractivity contribution >= 4 is 17.1 Å². The molecule has 124 valence electrons. The van der Waals surface area contributed by atoms with Gasteiger partial charge in [0.2, 0.25) is 0 Å². The molecular weight excluding hydrogens is 309 g/mol. The van der Waals surface area contributed by atoms with Gasteiger partial charge in [0.1, 0.15) is 17.9 Å². The Balaban J connectivity index is 1.67. The number of benzene rings is 1. The molecule has 0 aliphatic rings. The molecule has 0 spiro atoms. The number of nitrogens with one attached hydrogen (secondary N) is 1. The van der Waals surface area contributed by atoms with Gasteiger partial charge in [0.15, 0.2) is 5.58 Å². The average Bonchev–Trinajstić information content (AvgIpc) is 3.04. The van der Waals surface area contributed by atoms with Gasteiger partial charge in [-0.2, -0.15) is 4.98 Å². The summed E-state index contributed by atoms with van der Waals surface area (Å²) in [5.74, 6) is 0.616. The number of halogens is 1. The summed E-state index contributed by atoms with van der Waals surface area (Å²) in [5.41, 5.74) is 2.98. The average molecular weight is 327 g/mol. The van der Waals surface area contributed by atoms with E-state index in [1.165, 1.54) is 0 Å². The molecule has 0 saturated carbocycles. The summed E-state index contributed by atoms with van der Waals surface area (Å²) >= 11 is 0. The van der Waals surface area contributed by atoms with E-state index in [4.69, 9.17) is 9.15 Å². The highest BCUT2D eigenvalue weighted by molar-refractivity contribution is 5.76. The summed E-state index contributed by atoms with van der Waals surface area (Å²) in [5, 5.41) is 3.12. The fourth-order valence-corrected chi connectivity index (χ4v) is 2.14. The number of nitrogens with zero attached hydrogens (tertiary/aromatic N) is 2. The number of rotatable bonds is 7. The lowest BCUT2D eigenvalue weighted by atomic mass is 10.2. The van der Waals surface area contributed by atoms with Crippen molar-refractivity contribution in [3.05, 3.63) is 60.2 Å². The third-order valence-electron chi connectivity index (χ3n) is 3.56. The molecule has 6 heteroatoms. The van der Waals surface area contributed by atoms with Gasteiger partial charge in [-0.05, 0) is 35.8 Å². The molecule has 0 amide bonds. The zero-order valence-electron chi connectivity index (χ0n) is 13.3. The minimum absolute atomic E-state index is 0.221. The van der Waals surface area contributed by atoms with Crippen LogP contribution in [0.5, 0.6) is 5.75 Å². The molecule has 0 fully saturated rings. The zero-order chi connectivity index (χ0) is 16.8. The van der Waals surface area contributed by atoms with Gasteiger partial charge in [0.25, 0.3) is 6.01 Å². The van der Waals surface area contributed by atoms with Crippen LogP contribution in [0, 0.1) is 0 Å². The molecular formula is C18H18FN3O2. The van der Waals surface area contributed by atoms with Crippen LogP contribution < -0.4 is 10.1 Å². The standard InChI is InChI=1S/C18H18FN3O2/c1-2-13(9-19)12-23-15-5-6-16-17(8-15)24-18(22-16)21-11-14-4-3-7-20-10-14/h3-10H,2,11-12H2,1H3,(H,21,22)/b13-9-. The summed E-state index contributed by atoms with van der Waals surface area (Å²) in [6.07, 6.45) is 4.72. The molecule has 5 nitrogen and oxygen atoms in total. The van der Waals surface area contributed by atoms with E-state index in [0.717, 1.165) is 11.1 Å². The quantitative estimate of drug-likeness (QED) is 0.693. The van der Waals surface area contributed by atoms with E-state index >= 15 is 0 Å². The highest BCUT2D eigenvalue weighted by Gasteiger charge is 2.07. The molecule has 1 N–H and O–H groups in total. The number of hydrogen-bond donors (Lipinski definition) is 1. The number of fused-ring (bicyclic) bond motifs is 1. The highest BCUT2D eigenvalue weighted by Crippen LogP contribution is 2.24. The predicted molar refractivity (Wildman–Crippen MR) is 90.5 cm³/mol. The van der Waals surface area contributed by atoms with Crippen molar-refractivity contribution in [3.8, 4) is 5.75 Å². The monoisotopic (exact) mass is 327 g/mol. The zero-order valence-corrected chi connectivity index (χ0v) is 13.3. The summed E-state index contributed by atoms with van der Waals surface area (Å²) in [7, 11) is 0. The Morgan fingerprint density at radius 1 is 1.38 bits per heavy atom. The normalized spacial score (nSPS) is 11.7. The molecule has 0 aliphatic carbocycles. The maximum absolute atomic E-state index is 12.6. The molecule has 0 saturated heterocycles. The largest absolute Gasteiger partial charge is 0.489 e. The van der Waals surface area contributed by atoms with Crippen molar-refractivity contribution < 1.29 is 13.5 Å². The molecule has 2 aromatic heterocycles. The molecule has 0 unspecified atom stereocenters. The molecule has 2 heterocycles. The number of ether oxygens (including phenoxy) is 1. The van der Waals surface area contributed by atoms with Crippen molar-refractivity contribution in [2.24, 2.45) is 0 Å². The van der Waals surface area contributed by atoms with Crippen LogP contribution in [0.3, 0.4) is 0 Å². The Morgan fingerprint density at radius 3 is 3.04 bits per heavy atom. The van der Waals surface area contributed by atoms with Crippen LogP contribution in [0.15, 0.2) is 59.0 Å². The Labute approximate surface area is 139 Å². The van der Waals surface area contributed by atoms with Crippen molar-refractivity contribution in [1.82, 2.24) is 9.97 Å². The van der Waals surface area contributed by atoms with E-state index in [2.05, 4.69) is 15.3 Å². The van der Waals surface area contributed by atoms with E-state index < -0.39 is 0 Å². The number of pyridine rings is 1. The Morgan fingerprint density at radius 2 is 2.29 bits per heavy atom. The summed E-state index contributed by atoms with van der Waals surface area (Å²) in [6, 6.07) is 9.64. The topological polar surface area (TPSA) is 60.2 Å². The summed E-state index contributed by atoms with van der Waals surface area (Å²) < 4.78 is 23.8. The maximum atomic E-state index is 12.6. The lowest BCUT2D eigenvalue weighted by Gasteiger charge is -2.06. The van der Waals surface area contributed by atoms with E-state index in [0.29, 0.717) is 42.2 Å². The Hall–Kier alpha value is -2.89. The first-order chi connectivity index (χ1) is 11.8.